The predicted molar refractivity (Wildman–Crippen MR) is 86.4 cm³/mol. The molecule has 24 heavy (non-hydrogen) atoms. The maximum absolute atomic E-state index is 8.65. The van der Waals surface area contributed by atoms with E-state index in [2.05, 4.69) is 20.5 Å². The molecule has 0 atom stereocenters. The zero-order chi connectivity index (χ0) is 17.4. The number of nitrogens with one attached hydrogen (secondary N) is 1. The molecule has 0 spiro atoms. The van der Waals surface area contributed by atoms with E-state index in [0.29, 0.717) is 22.9 Å². The third-order valence-electron chi connectivity index (χ3n) is 2.88. The highest BCUT2D eigenvalue weighted by atomic mass is 16.5. The van der Waals surface area contributed by atoms with Crippen molar-refractivity contribution < 1.29 is 9.47 Å². The van der Waals surface area contributed by atoms with Crippen LogP contribution in [0.2, 0.25) is 0 Å². The van der Waals surface area contributed by atoms with Crippen LogP contribution >= 0.6 is 0 Å². The summed E-state index contributed by atoms with van der Waals surface area (Å²) in [6.07, 6.45) is 3.32. The van der Waals surface area contributed by atoms with Crippen molar-refractivity contribution in [2.45, 2.75) is 13.5 Å². The van der Waals surface area contributed by atoms with Crippen LogP contribution in [0, 0.1) is 29.6 Å². The van der Waals surface area contributed by atoms with Gasteiger partial charge in [-0.2, -0.15) is 15.6 Å². The van der Waals surface area contributed by atoms with Crippen LogP contribution in [0.25, 0.3) is 0 Å². The summed E-state index contributed by atoms with van der Waals surface area (Å²) >= 11 is 0. The molecule has 0 radical (unpaired) electrons. The Balaban J connectivity index is 2.09. The summed E-state index contributed by atoms with van der Waals surface area (Å²) in [7, 11) is 1.51. The van der Waals surface area contributed by atoms with E-state index in [-0.39, 0.29) is 12.3 Å². The van der Waals surface area contributed by atoms with Gasteiger partial charge in [-0.3, -0.25) is 15.4 Å². The van der Waals surface area contributed by atoms with E-state index in [9.17, 15) is 0 Å². The molecule has 0 fully saturated rings. The first kappa shape index (κ1) is 16.7. The van der Waals surface area contributed by atoms with Crippen LogP contribution < -0.4 is 14.9 Å². The number of anilines is 1. The van der Waals surface area contributed by atoms with E-state index < -0.39 is 0 Å². The third kappa shape index (κ3) is 4.42. The molecule has 2 rings (SSSR count). The Bertz CT molecular complexity index is 802. The van der Waals surface area contributed by atoms with E-state index in [1.54, 1.807) is 42.7 Å². The number of hydrogen-bond acceptors (Lipinski definition) is 8. The Labute approximate surface area is 139 Å². The van der Waals surface area contributed by atoms with E-state index in [4.69, 9.17) is 20.0 Å². The summed E-state index contributed by atoms with van der Waals surface area (Å²) < 4.78 is 11.0. The quantitative estimate of drug-likeness (QED) is 0.640. The largest absolute Gasteiger partial charge is 0.493 e. The van der Waals surface area contributed by atoms with Gasteiger partial charge < -0.3 is 9.47 Å². The summed E-state index contributed by atoms with van der Waals surface area (Å²) in [5.41, 5.74) is 4.43. The van der Waals surface area contributed by atoms with Crippen LogP contribution in [-0.4, -0.2) is 22.8 Å². The number of nitrogens with zero attached hydrogens (tertiary/aromatic N) is 5. The molecule has 1 N–H and O–H groups in total. The molecule has 0 saturated carbocycles. The number of nitriles is 2. The van der Waals surface area contributed by atoms with E-state index >= 15 is 0 Å². The number of ether oxygens (including phenoxy) is 2. The number of hydrogen-bond donors (Lipinski definition) is 1. The number of aryl methyl sites for hydroxylation is 1. The number of hydrazone groups is 1. The van der Waals surface area contributed by atoms with Gasteiger partial charge in [0.05, 0.1) is 30.4 Å². The standard InChI is InChI=1S/C16H14N6O2/c1-11-8-20-14(9-19-11)10-24-15-4-3-12(5-16(15)23-2)21-22-13(6-17)7-18/h3-5,8-9,21H,10H2,1-2H3. The van der Waals surface area contributed by atoms with Gasteiger partial charge in [-0.1, -0.05) is 0 Å². The van der Waals surface area contributed by atoms with E-state index in [1.165, 1.54) is 7.11 Å². The Morgan fingerprint density at radius 1 is 1.21 bits per heavy atom. The van der Waals surface area contributed by atoms with Gasteiger partial charge in [-0.05, 0) is 19.1 Å². The van der Waals surface area contributed by atoms with Gasteiger partial charge in [0.2, 0.25) is 5.71 Å². The topological polar surface area (TPSA) is 116 Å². The van der Waals surface area contributed by atoms with Gasteiger partial charge in [0.1, 0.15) is 18.7 Å². The van der Waals surface area contributed by atoms with Crippen LogP contribution in [0.5, 0.6) is 11.5 Å². The van der Waals surface area contributed by atoms with E-state index in [1.807, 2.05) is 6.92 Å². The van der Waals surface area contributed by atoms with Crippen LogP contribution in [0.15, 0.2) is 35.7 Å². The lowest BCUT2D eigenvalue weighted by molar-refractivity contribution is 0.280. The summed E-state index contributed by atoms with van der Waals surface area (Å²) in [5, 5.41) is 21.0. The number of rotatable bonds is 6. The van der Waals surface area contributed by atoms with Gasteiger partial charge in [-0.25, -0.2) is 0 Å². The van der Waals surface area contributed by atoms with Gasteiger partial charge in [0, 0.05) is 12.3 Å². The second kappa shape index (κ2) is 8.11. The lowest BCUT2D eigenvalue weighted by Crippen LogP contribution is -2.02. The van der Waals surface area contributed by atoms with Crippen LogP contribution in [0.4, 0.5) is 5.69 Å². The lowest BCUT2D eigenvalue weighted by Gasteiger charge is -2.11. The smallest absolute Gasteiger partial charge is 0.237 e. The van der Waals surface area contributed by atoms with Crippen molar-refractivity contribution in [3.05, 3.63) is 42.0 Å². The van der Waals surface area contributed by atoms with Crippen molar-refractivity contribution in [1.29, 1.82) is 10.5 Å². The van der Waals surface area contributed by atoms with Crippen LogP contribution in [-0.2, 0) is 6.61 Å². The second-order valence-electron chi connectivity index (χ2n) is 4.60. The Hall–Kier alpha value is -3.65. The fraction of sp³-hybridized carbons (Fsp3) is 0.188. The lowest BCUT2D eigenvalue weighted by atomic mass is 10.3. The molecule has 0 saturated heterocycles. The molecular formula is C16H14N6O2. The summed E-state index contributed by atoms with van der Waals surface area (Å²) in [6.45, 7) is 2.11. The van der Waals surface area contributed by atoms with Crippen molar-refractivity contribution in [2.75, 3.05) is 12.5 Å². The second-order valence-corrected chi connectivity index (χ2v) is 4.60. The molecule has 8 heteroatoms. The highest BCUT2D eigenvalue weighted by Gasteiger charge is 2.07. The average molecular weight is 322 g/mol. The summed E-state index contributed by atoms with van der Waals surface area (Å²) in [6, 6.07) is 8.35. The Kier molecular flexibility index (Phi) is 5.65. The van der Waals surface area contributed by atoms with Crippen molar-refractivity contribution in [2.24, 2.45) is 5.10 Å². The molecule has 2 aromatic rings. The average Bonchev–Trinajstić information content (AvgIpc) is 2.62. The van der Waals surface area contributed by atoms with Crippen molar-refractivity contribution in [1.82, 2.24) is 9.97 Å². The molecule has 0 unspecified atom stereocenters. The highest BCUT2D eigenvalue weighted by Crippen LogP contribution is 2.30. The number of benzene rings is 1. The van der Waals surface area contributed by atoms with Gasteiger partial charge >= 0.3 is 0 Å². The molecule has 0 aliphatic heterocycles. The minimum Gasteiger partial charge on any atom is -0.493 e. The fourth-order valence-electron chi connectivity index (χ4n) is 1.70. The van der Waals surface area contributed by atoms with Crippen molar-refractivity contribution >= 4 is 11.4 Å². The summed E-state index contributed by atoms with van der Waals surface area (Å²) in [4.78, 5) is 8.37. The first-order chi connectivity index (χ1) is 11.7. The predicted octanol–water partition coefficient (Wildman–Crippen LogP) is 2.19. The molecule has 1 aromatic heterocycles. The zero-order valence-electron chi connectivity index (χ0n) is 13.1. The maximum Gasteiger partial charge on any atom is 0.237 e. The first-order valence-electron chi connectivity index (χ1n) is 6.88. The minimum absolute atomic E-state index is 0.252. The molecule has 0 amide bonds. The Morgan fingerprint density at radius 3 is 2.62 bits per heavy atom. The zero-order valence-corrected chi connectivity index (χ0v) is 13.1. The van der Waals surface area contributed by atoms with Crippen LogP contribution in [0.1, 0.15) is 11.4 Å². The monoisotopic (exact) mass is 322 g/mol. The normalized spacial score (nSPS) is 9.33. The number of methoxy groups -OCH3 is 1. The van der Waals surface area contributed by atoms with E-state index in [0.717, 1.165) is 5.69 Å². The SMILES string of the molecule is COc1cc(NN=C(C#N)C#N)ccc1OCc1cnc(C)cn1. The molecule has 0 aliphatic carbocycles. The molecule has 1 aromatic carbocycles. The Morgan fingerprint density at radius 2 is 2.00 bits per heavy atom. The molecule has 1 heterocycles. The van der Waals surface area contributed by atoms with Crippen LogP contribution in [0.3, 0.4) is 0 Å². The summed E-state index contributed by atoms with van der Waals surface area (Å²) in [5.74, 6) is 1.00. The van der Waals surface area contributed by atoms with Gasteiger partial charge in [-0.15, -0.1) is 0 Å². The molecule has 0 bridgehead atoms. The van der Waals surface area contributed by atoms with Crippen molar-refractivity contribution in [3.8, 4) is 23.6 Å². The number of aromatic nitrogens is 2. The van der Waals surface area contributed by atoms with Gasteiger partial charge in [0.25, 0.3) is 0 Å². The maximum atomic E-state index is 8.65. The first-order valence-corrected chi connectivity index (χ1v) is 6.88. The van der Waals surface area contributed by atoms with Crippen molar-refractivity contribution in [3.63, 3.8) is 0 Å². The molecule has 0 aliphatic rings. The molecule has 120 valence electrons. The molecular weight excluding hydrogens is 308 g/mol. The highest BCUT2D eigenvalue weighted by molar-refractivity contribution is 6.10. The fourth-order valence-corrected chi connectivity index (χ4v) is 1.70. The third-order valence-corrected chi connectivity index (χ3v) is 2.88. The van der Waals surface area contributed by atoms with Gasteiger partial charge in [0.15, 0.2) is 11.5 Å². The minimum atomic E-state index is -0.271. The molecule has 8 nitrogen and oxygen atoms in total.